The summed E-state index contributed by atoms with van der Waals surface area (Å²) in [7, 11) is 0. The molecule has 0 aromatic heterocycles. The van der Waals surface area contributed by atoms with Gasteiger partial charge in [-0.05, 0) is 57.8 Å². The molecular weight excluding hydrogens is 799 g/mol. The molecule has 0 aliphatic carbocycles. The smallest absolute Gasteiger partial charge is 0.220 e. The molecule has 2 aliphatic heterocycles. The summed E-state index contributed by atoms with van der Waals surface area (Å²) >= 11 is 0. The number of amides is 1. The van der Waals surface area contributed by atoms with Gasteiger partial charge in [0, 0.05) is 6.42 Å². The average Bonchev–Trinajstić information content (AvgIpc) is 3.27. The Morgan fingerprint density at radius 3 is 1.74 bits per heavy atom. The number of hydrogen-bond donors (Lipinski definition) is 9. The van der Waals surface area contributed by atoms with Crippen LogP contribution in [0, 0.1) is 0 Å². The molecule has 2 fully saturated rings. The molecule has 2 heterocycles. The monoisotopic (exact) mass is 884 g/mol. The molecule has 0 radical (unpaired) electrons. The van der Waals surface area contributed by atoms with Gasteiger partial charge in [-0.15, -0.1) is 0 Å². The van der Waals surface area contributed by atoms with Crippen molar-refractivity contribution in [2.45, 2.75) is 229 Å². The Hall–Kier alpha value is -2.05. The van der Waals surface area contributed by atoms with Crippen molar-refractivity contribution in [2.24, 2.45) is 0 Å². The molecule has 0 aromatic rings. The normalized spacial score (nSPS) is 28.2. The SMILES string of the molecule is CCC/C=C\C/C=C\CCCCCCCC(=O)NC(COC1OC(CO)C(OC2OC(CO)C(O)C(O)C2O)C(O)C1O)C(O)/C=C/CC/C=C/CCCCCCCCCCC. The summed E-state index contributed by atoms with van der Waals surface area (Å²) in [6.45, 7) is 2.66. The van der Waals surface area contributed by atoms with Crippen molar-refractivity contribution in [3.05, 3.63) is 48.6 Å². The van der Waals surface area contributed by atoms with E-state index in [0.717, 1.165) is 64.2 Å². The van der Waals surface area contributed by atoms with Gasteiger partial charge in [-0.1, -0.05) is 140 Å². The van der Waals surface area contributed by atoms with Crippen LogP contribution < -0.4 is 5.32 Å². The Kier molecular flexibility index (Phi) is 31.9. The first-order valence-corrected chi connectivity index (χ1v) is 23.9. The van der Waals surface area contributed by atoms with Gasteiger partial charge in [0.1, 0.15) is 48.8 Å². The van der Waals surface area contributed by atoms with Crippen LogP contribution in [-0.4, -0.2) is 140 Å². The third-order valence-electron chi connectivity index (χ3n) is 11.5. The lowest BCUT2D eigenvalue weighted by molar-refractivity contribution is -0.359. The van der Waals surface area contributed by atoms with E-state index in [1.165, 1.54) is 57.8 Å². The van der Waals surface area contributed by atoms with Crippen LogP contribution in [0.25, 0.3) is 0 Å². The van der Waals surface area contributed by atoms with Crippen molar-refractivity contribution in [3.63, 3.8) is 0 Å². The Labute approximate surface area is 372 Å². The van der Waals surface area contributed by atoms with Gasteiger partial charge in [0.2, 0.25) is 5.91 Å². The highest BCUT2D eigenvalue weighted by atomic mass is 16.7. The van der Waals surface area contributed by atoms with E-state index >= 15 is 0 Å². The van der Waals surface area contributed by atoms with Crippen molar-refractivity contribution < 1.29 is 64.6 Å². The highest BCUT2D eigenvalue weighted by molar-refractivity contribution is 5.76. The maximum atomic E-state index is 13.1. The summed E-state index contributed by atoms with van der Waals surface area (Å²) in [6.07, 6.45) is 23.0. The molecule has 14 nitrogen and oxygen atoms in total. The minimum Gasteiger partial charge on any atom is -0.394 e. The molecule has 0 saturated carbocycles. The van der Waals surface area contributed by atoms with Crippen molar-refractivity contribution in [3.8, 4) is 0 Å². The summed E-state index contributed by atoms with van der Waals surface area (Å²) in [5.74, 6) is -0.268. The van der Waals surface area contributed by atoms with Gasteiger partial charge in [-0.25, -0.2) is 0 Å². The molecule has 9 N–H and O–H groups in total. The van der Waals surface area contributed by atoms with E-state index < -0.39 is 86.8 Å². The molecule has 12 atom stereocenters. The van der Waals surface area contributed by atoms with E-state index in [0.29, 0.717) is 12.8 Å². The van der Waals surface area contributed by atoms with Crippen LogP contribution in [0.5, 0.6) is 0 Å². The topological polar surface area (TPSA) is 228 Å². The molecule has 62 heavy (non-hydrogen) atoms. The van der Waals surface area contributed by atoms with E-state index in [1.54, 1.807) is 6.08 Å². The zero-order valence-electron chi connectivity index (χ0n) is 37.8. The van der Waals surface area contributed by atoms with Crippen molar-refractivity contribution >= 4 is 5.91 Å². The van der Waals surface area contributed by atoms with Crippen LogP contribution in [-0.2, 0) is 23.7 Å². The number of ether oxygens (including phenoxy) is 4. The lowest BCUT2D eigenvalue weighted by Crippen LogP contribution is -2.65. The Morgan fingerprint density at radius 1 is 0.581 bits per heavy atom. The van der Waals surface area contributed by atoms with Crippen LogP contribution >= 0.6 is 0 Å². The van der Waals surface area contributed by atoms with Crippen molar-refractivity contribution in [1.29, 1.82) is 0 Å². The summed E-state index contributed by atoms with van der Waals surface area (Å²) in [6, 6.07) is -0.937. The molecular formula is C48H85NO13. The third-order valence-corrected chi connectivity index (χ3v) is 11.5. The second-order valence-electron chi connectivity index (χ2n) is 16.9. The van der Waals surface area contributed by atoms with E-state index in [-0.39, 0.29) is 18.9 Å². The molecule has 0 aromatic carbocycles. The van der Waals surface area contributed by atoms with Gasteiger partial charge in [-0.2, -0.15) is 0 Å². The predicted octanol–water partition coefficient (Wildman–Crippen LogP) is 5.32. The van der Waals surface area contributed by atoms with E-state index in [1.807, 2.05) is 6.08 Å². The van der Waals surface area contributed by atoms with Crippen LogP contribution in [0.1, 0.15) is 155 Å². The van der Waals surface area contributed by atoms with E-state index in [4.69, 9.17) is 18.9 Å². The summed E-state index contributed by atoms with van der Waals surface area (Å²) in [5.41, 5.74) is 0. The minimum atomic E-state index is -1.79. The number of allylic oxidation sites excluding steroid dienone is 7. The first-order chi connectivity index (χ1) is 30.1. The number of aliphatic hydroxyl groups is 8. The average molecular weight is 884 g/mol. The van der Waals surface area contributed by atoms with E-state index in [2.05, 4.69) is 55.6 Å². The maximum absolute atomic E-state index is 13.1. The molecule has 2 aliphatic rings. The summed E-state index contributed by atoms with van der Waals surface area (Å²) in [5, 5.41) is 86.5. The highest BCUT2D eigenvalue weighted by Crippen LogP contribution is 2.30. The van der Waals surface area contributed by atoms with Crippen molar-refractivity contribution in [1.82, 2.24) is 5.32 Å². The molecule has 0 bridgehead atoms. The van der Waals surface area contributed by atoms with Crippen LogP contribution in [0.3, 0.4) is 0 Å². The Bertz CT molecular complexity index is 1230. The zero-order valence-corrected chi connectivity index (χ0v) is 37.8. The number of carbonyl (C=O) groups excluding carboxylic acids is 1. The fourth-order valence-electron chi connectivity index (χ4n) is 7.52. The molecule has 2 rings (SSSR count). The lowest BCUT2D eigenvalue weighted by atomic mass is 9.97. The number of carbonyl (C=O) groups is 1. The zero-order chi connectivity index (χ0) is 45.4. The predicted molar refractivity (Wildman–Crippen MR) is 240 cm³/mol. The highest BCUT2D eigenvalue weighted by Gasteiger charge is 2.50. The van der Waals surface area contributed by atoms with Gasteiger partial charge >= 0.3 is 0 Å². The molecule has 12 unspecified atom stereocenters. The fraction of sp³-hybridized carbons (Fsp3) is 0.812. The maximum Gasteiger partial charge on any atom is 0.220 e. The minimum absolute atomic E-state index is 0.255. The third kappa shape index (κ3) is 22.7. The first kappa shape index (κ1) is 56.1. The number of unbranched alkanes of at least 4 members (excludes halogenated alkanes) is 16. The van der Waals surface area contributed by atoms with Crippen LogP contribution in [0.2, 0.25) is 0 Å². The first-order valence-electron chi connectivity index (χ1n) is 23.9. The van der Waals surface area contributed by atoms with Gasteiger partial charge < -0.3 is 65.1 Å². The van der Waals surface area contributed by atoms with Gasteiger partial charge in [-0.3, -0.25) is 4.79 Å². The molecule has 2 saturated heterocycles. The largest absolute Gasteiger partial charge is 0.394 e. The van der Waals surface area contributed by atoms with Gasteiger partial charge in [0.25, 0.3) is 0 Å². The molecule has 0 spiro atoms. The number of aliphatic hydroxyl groups excluding tert-OH is 8. The summed E-state index contributed by atoms with van der Waals surface area (Å²) < 4.78 is 22.6. The van der Waals surface area contributed by atoms with Crippen LogP contribution in [0.4, 0.5) is 0 Å². The van der Waals surface area contributed by atoms with Crippen molar-refractivity contribution in [2.75, 3.05) is 19.8 Å². The number of hydrogen-bond acceptors (Lipinski definition) is 13. The fourth-order valence-corrected chi connectivity index (χ4v) is 7.52. The lowest BCUT2D eigenvalue weighted by Gasteiger charge is -2.46. The Balaban J connectivity index is 1.91. The number of nitrogens with one attached hydrogen (secondary N) is 1. The molecule has 14 heteroatoms. The van der Waals surface area contributed by atoms with Gasteiger partial charge in [0.15, 0.2) is 12.6 Å². The quantitative estimate of drug-likeness (QED) is 0.0291. The molecule has 1 amide bonds. The standard InChI is InChI=1S/C48H85NO13/c1-3-5-7-9-11-13-15-17-18-20-21-23-25-27-29-31-37(52)36(49-40(53)32-30-28-26-24-22-19-16-14-12-10-8-6-4-2)35-59-47-45(58)43(56)46(39(34-51)61-47)62-48-44(57)42(55)41(54)38(33-50)60-48/h8,10,14,16,21,23,29,31,36-39,41-48,50-52,54-58H,3-7,9,11-13,15,17-20,22,24-28,30,32-35H2,1-2H3,(H,49,53)/b10-8-,16-14-,23-21+,31-29+. The van der Waals surface area contributed by atoms with Gasteiger partial charge in [0.05, 0.1) is 32.0 Å². The molecule has 360 valence electrons. The van der Waals surface area contributed by atoms with Crippen LogP contribution in [0.15, 0.2) is 48.6 Å². The van der Waals surface area contributed by atoms with E-state index in [9.17, 15) is 45.6 Å². The second kappa shape index (κ2) is 35.2. The number of rotatable bonds is 35. The second-order valence-corrected chi connectivity index (χ2v) is 16.9. The Morgan fingerprint density at radius 2 is 1.11 bits per heavy atom. The summed E-state index contributed by atoms with van der Waals surface area (Å²) in [4.78, 5) is 13.1.